The molecule has 2 aromatic carbocycles. The molecule has 0 aliphatic carbocycles. The second-order valence-electron chi connectivity index (χ2n) is 6.17. The van der Waals surface area contributed by atoms with Crippen LogP contribution < -0.4 is 10.6 Å². The highest BCUT2D eigenvalue weighted by Gasteiger charge is 2.35. The molecule has 0 unspecified atom stereocenters. The van der Waals surface area contributed by atoms with Crippen molar-refractivity contribution in [2.45, 2.75) is 12.4 Å². The number of halogens is 6. The van der Waals surface area contributed by atoms with Crippen molar-refractivity contribution in [2.75, 3.05) is 10.6 Å². The fraction of sp³-hybridized carbons (Fsp3) is 0.111. The van der Waals surface area contributed by atoms with E-state index in [2.05, 4.69) is 35.5 Å². The standard InChI is InChI=1S/C18H10F6N6O/c19-17(20,21)9-5-1-3-7-11(9)25-13-14(28-16-15(27-13)29-31-30-16)26-12-8-4-2-6-10(12)18(22,23)24/h1-8H,(H,25,27,29)(H,26,28,30). The summed E-state index contributed by atoms with van der Waals surface area (Å²) >= 11 is 0. The van der Waals surface area contributed by atoms with Gasteiger partial charge in [-0.15, -0.1) is 0 Å². The van der Waals surface area contributed by atoms with Crippen LogP contribution in [0.2, 0.25) is 0 Å². The van der Waals surface area contributed by atoms with Gasteiger partial charge >= 0.3 is 12.4 Å². The molecule has 0 saturated heterocycles. The highest BCUT2D eigenvalue weighted by molar-refractivity contribution is 5.80. The number of rotatable bonds is 4. The number of benzene rings is 2. The van der Waals surface area contributed by atoms with Crippen molar-refractivity contribution >= 4 is 34.3 Å². The quantitative estimate of drug-likeness (QED) is 0.403. The molecule has 7 nitrogen and oxygen atoms in total. The highest BCUT2D eigenvalue weighted by atomic mass is 19.4. The number of hydrogen-bond acceptors (Lipinski definition) is 7. The largest absolute Gasteiger partial charge is 0.418 e. The SMILES string of the molecule is FC(F)(F)c1ccccc1Nc1nc2nonc2nc1Nc1ccccc1C(F)(F)F. The Morgan fingerprint density at radius 2 is 1.00 bits per heavy atom. The van der Waals surface area contributed by atoms with Gasteiger partial charge in [0.25, 0.3) is 0 Å². The van der Waals surface area contributed by atoms with Crippen LogP contribution in [0.1, 0.15) is 11.1 Å². The van der Waals surface area contributed by atoms with Gasteiger partial charge in [0.1, 0.15) is 0 Å². The van der Waals surface area contributed by atoms with Gasteiger partial charge in [-0.3, -0.25) is 0 Å². The fourth-order valence-electron chi connectivity index (χ4n) is 2.75. The van der Waals surface area contributed by atoms with Gasteiger partial charge in [-0.1, -0.05) is 24.3 Å². The lowest BCUT2D eigenvalue weighted by Gasteiger charge is -2.17. The maximum atomic E-state index is 13.3. The topological polar surface area (TPSA) is 88.8 Å². The number of hydrogen-bond donors (Lipinski definition) is 2. The molecule has 2 N–H and O–H groups in total. The first kappa shape index (κ1) is 20.4. The molecule has 0 radical (unpaired) electrons. The van der Waals surface area contributed by atoms with Crippen LogP contribution in [0.25, 0.3) is 11.3 Å². The Morgan fingerprint density at radius 3 is 1.39 bits per heavy atom. The van der Waals surface area contributed by atoms with Gasteiger partial charge in [0.05, 0.1) is 22.5 Å². The van der Waals surface area contributed by atoms with Crippen molar-refractivity contribution in [3.05, 3.63) is 59.7 Å². The number of anilines is 4. The summed E-state index contributed by atoms with van der Waals surface area (Å²) < 4.78 is 84.5. The van der Waals surface area contributed by atoms with Gasteiger partial charge in [-0.05, 0) is 34.6 Å². The molecule has 4 aromatic rings. The van der Waals surface area contributed by atoms with Gasteiger partial charge in [-0.2, -0.15) is 26.3 Å². The van der Waals surface area contributed by atoms with E-state index in [0.29, 0.717) is 0 Å². The Balaban J connectivity index is 1.81. The molecule has 2 heterocycles. The monoisotopic (exact) mass is 440 g/mol. The second-order valence-corrected chi connectivity index (χ2v) is 6.17. The lowest BCUT2D eigenvalue weighted by atomic mass is 10.1. The van der Waals surface area contributed by atoms with Crippen LogP contribution in [0.5, 0.6) is 0 Å². The number of nitrogens with one attached hydrogen (secondary N) is 2. The van der Waals surface area contributed by atoms with Crippen molar-refractivity contribution in [3.8, 4) is 0 Å². The molecule has 0 spiro atoms. The molecule has 31 heavy (non-hydrogen) atoms. The highest BCUT2D eigenvalue weighted by Crippen LogP contribution is 2.39. The van der Waals surface area contributed by atoms with E-state index in [9.17, 15) is 26.3 Å². The zero-order valence-electron chi connectivity index (χ0n) is 15.1. The molecular weight excluding hydrogens is 430 g/mol. The summed E-state index contributed by atoms with van der Waals surface area (Å²) in [6, 6.07) is 9.08. The molecule has 0 fully saturated rings. The van der Waals surface area contributed by atoms with E-state index >= 15 is 0 Å². The molecule has 160 valence electrons. The summed E-state index contributed by atoms with van der Waals surface area (Å²) in [5, 5.41) is 11.9. The Bertz CT molecular complexity index is 1140. The first-order valence-corrected chi connectivity index (χ1v) is 8.50. The second kappa shape index (κ2) is 7.41. The lowest BCUT2D eigenvalue weighted by Crippen LogP contribution is -2.12. The molecule has 2 aromatic heterocycles. The summed E-state index contributed by atoms with van der Waals surface area (Å²) in [7, 11) is 0. The molecule has 0 amide bonds. The molecule has 0 aliphatic rings. The van der Waals surface area contributed by atoms with Crippen LogP contribution in [-0.2, 0) is 12.4 Å². The van der Waals surface area contributed by atoms with Crippen molar-refractivity contribution in [1.82, 2.24) is 20.3 Å². The predicted octanol–water partition coefficient (Wildman–Crippen LogP) is 5.54. The predicted molar refractivity (Wildman–Crippen MR) is 96.8 cm³/mol. The Kier molecular flexibility index (Phi) is 4.87. The molecule has 13 heteroatoms. The van der Waals surface area contributed by atoms with Gasteiger partial charge in [0.15, 0.2) is 11.6 Å². The van der Waals surface area contributed by atoms with Crippen LogP contribution in [0.4, 0.5) is 49.4 Å². The zero-order valence-corrected chi connectivity index (χ0v) is 15.1. The maximum absolute atomic E-state index is 13.3. The Labute approximate surface area is 169 Å². The number of fused-ring (bicyclic) bond motifs is 1. The summed E-state index contributed by atoms with van der Waals surface area (Å²) in [4.78, 5) is 7.98. The van der Waals surface area contributed by atoms with Crippen molar-refractivity contribution in [2.24, 2.45) is 0 Å². The summed E-state index contributed by atoms with van der Waals surface area (Å²) in [6.45, 7) is 0. The molecule has 0 bridgehead atoms. The third-order valence-electron chi connectivity index (χ3n) is 4.09. The summed E-state index contributed by atoms with van der Waals surface area (Å²) in [5.74, 6) is -0.617. The summed E-state index contributed by atoms with van der Waals surface area (Å²) in [6.07, 6.45) is -9.37. The minimum Gasteiger partial charge on any atom is -0.337 e. The number of aromatic nitrogens is 4. The van der Waals surface area contributed by atoms with Crippen molar-refractivity contribution in [1.29, 1.82) is 0 Å². The Morgan fingerprint density at radius 1 is 0.613 bits per heavy atom. The van der Waals surface area contributed by atoms with Crippen LogP contribution in [0.3, 0.4) is 0 Å². The zero-order chi connectivity index (χ0) is 22.2. The van der Waals surface area contributed by atoms with E-state index < -0.39 is 23.5 Å². The van der Waals surface area contributed by atoms with Gasteiger partial charge in [-0.25, -0.2) is 14.6 Å². The molecule has 4 rings (SSSR count). The van der Waals surface area contributed by atoms with E-state index in [1.807, 2.05) is 0 Å². The van der Waals surface area contributed by atoms with Gasteiger partial charge in [0.2, 0.25) is 11.3 Å². The third kappa shape index (κ3) is 4.20. The fourth-order valence-corrected chi connectivity index (χ4v) is 2.75. The molecule has 0 aliphatic heterocycles. The molecular formula is C18H10F6N6O. The smallest absolute Gasteiger partial charge is 0.337 e. The van der Waals surface area contributed by atoms with Crippen molar-refractivity contribution < 1.29 is 31.0 Å². The number of para-hydroxylation sites is 2. The minimum absolute atomic E-state index is 0.151. The van der Waals surface area contributed by atoms with E-state index in [4.69, 9.17) is 0 Å². The van der Waals surface area contributed by atoms with Crippen LogP contribution in [0.15, 0.2) is 53.2 Å². The average molecular weight is 440 g/mol. The van der Waals surface area contributed by atoms with Gasteiger partial charge in [0, 0.05) is 0 Å². The minimum atomic E-state index is -4.69. The maximum Gasteiger partial charge on any atom is 0.418 e. The first-order chi connectivity index (χ1) is 14.6. The third-order valence-corrected chi connectivity index (χ3v) is 4.09. The normalized spacial score (nSPS) is 12.2. The van der Waals surface area contributed by atoms with Crippen LogP contribution in [-0.4, -0.2) is 20.3 Å². The number of alkyl halides is 6. The van der Waals surface area contributed by atoms with E-state index in [-0.39, 0.29) is 34.3 Å². The van der Waals surface area contributed by atoms with Gasteiger partial charge < -0.3 is 10.6 Å². The summed E-state index contributed by atoms with van der Waals surface area (Å²) in [5.41, 5.74) is -3.07. The average Bonchev–Trinajstić information content (AvgIpc) is 3.14. The number of nitrogens with zero attached hydrogens (tertiary/aromatic N) is 4. The molecule has 0 saturated carbocycles. The lowest BCUT2D eigenvalue weighted by molar-refractivity contribution is -0.137. The van der Waals surface area contributed by atoms with Crippen LogP contribution in [0, 0.1) is 0 Å². The molecule has 0 atom stereocenters. The van der Waals surface area contributed by atoms with E-state index in [1.54, 1.807) is 0 Å². The van der Waals surface area contributed by atoms with Crippen molar-refractivity contribution in [3.63, 3.8) is 0 Å². The van der Waals surface area contributed by atoms with E-state index in [1.165, 1.54) is 24.3 Å². The first-order valence-electron chi connectivity index (χ1n) is 8.50. The van der Waals surface area contributed by atoms with Crippen LogP contribution >= 0.6 is 0 Å². The van der Waals surface area contributed by atoms with E-state index in [0.717, 1.165) is 24.3 Å². The Hall–Kier alpha value is -3.90.